The summed E-state index contributed by atoms with van der Waals surface area (Å²) in [7, 11) is 0. The van der Waals surface area contributed by atoms with Gasteiger partial charge in [0.15, 0.2) is 0 Å². The van der Waals surface area contributed by atoms with E-state index in [1.807, 2.05) is 61.7 Å². The first-order valence-electron chi connectivity index (χ1n) is 11.2. The van der Waals surface area contributed by atoms with Crippen molar-refractivity contribution in [3.8, 4) is 11.4 Å². The Morgan fingerprint density at radius 2 is 1.70 bits per heavy atom. The molecule has 5 aromatic rings. The van der Waals surface area contributed by atoms with Gasteiger partial charge < -0.3 is 14.5 Å². The minimum Gasteiger partial charge on any atom is -0.462 e. The van der Waals surface area contributed by atoms with Gasteiger partial charge in [0.25, 0.3) is 0 Å². The second-order valence-corrected chi connectivity index (χ2v) is 9.20. The van der Waals surface area contributed by atoms with E-state index >= 15 is 0 Å². The van der Waals surface area contributed by atoms with Crippen LogP contribution in [0.2, 0.25) is 0 Å². The van der Waals surface area contributed by atoms with Gasteiger partial charge in [-0.25, -0.2) is 9.78 Å². The number of nitrogens with zero attached hydrogens (tertiary/aromatic N) is 2. The van der Waals surface area contributed by atoms with Gasteiger partial charge in [0, 0.05) is 22.5 Å². The molecule has 0 aliphatic heterocycles. The molecule has 5 rings (SSSR count). The Labute approximate surface area is 193 Å². The molecule has 5 heteroatoms. The molecule has 0 fully saturated rings. The maximum absolute atomic E-state index is 13.4. The van der Waals surface area contributed by atoms with Gasteiger partial charge in [-0.1, -0.05) is 48.5 Å². The molecule has 0 amide bonds. The van der Waals surface area contributed by atoms with Gasteiger partial charge in [-0.2, -0.15) is 0 Å². The summed E-state index contributed by atoms with van der Waals surface area (Å²) >= 11 is 0. The fourth-order valence-electron chi connectivity index (χ4n) is 4.36. The molecule has 0 atom stereocenters. The molecule has 0 saturated heterocycles. The number of carbonyl (C=O) groups excluding carboxylic acids is 1. The van der Waals surface area contributed by atoms with Crippen molar-refractivity contribution in [1.29, 1.82) is 0 Å². The van der Waals surface area contributed by atoms with Crippen molar-refractivity contribution in [2.45, 2.75) is 33.2 Å². The van der Waals surface area contributed by atoms with E-state index in [1.54, 1.807) is 0 Å². The highest BCUT2D eigenvalue weighted by Gasteiger charge is 2.29. The number of para-hydroxylation sites is 1. The normalized spacial score (nSPS) is 11.9. The minimum atomic E-state index is -0.342. The first-order valence-corrected chi connectivity index (χ1v) is 11.2. The Kier molecular flexibility index (Phi) is 5.05. The number of nitrogens with one attached hydrogen (secondary N) is 1. The summed E-state index contributed by atoms with van der Waals surface area (Å²) in [5.41, 5.74) is 4.36. The molecule has 2 aromatic carbocycles. The van der Waals surface area contributed by atoms with Gasteiger partial charge in [-0.3, -0.25) is 0 Å². The molecule has 0 spiro atoms. The molecule has 1 N–H and O–H groups in total. The van der Waals surface area contributed by atoms with E-state index in [9.17, 15) is 4.79 Å². The lowest BCUT2D eigenvalue weighted by molar-refractivity contribution is 0.0530. The Morgan fingerprint density at radius 1 is 0.970 bits per heavy atom. The zero-order valence-corrected chi connectivity index (χ0v) is 19.3. The van der Waals surface area contributed by atoms with Crippen LogP contribution in [-0.4, -0.2) is 27.5 Å². The number of carbonyl (C=O) groups is 1. The maximum atomic E-state index is 13.4. The molecule has 33 heavy (non-hydrogen) atoms. The van der Waals surface area contributed by atoms with E-state index < -0.39 is 0 Å². The van der Waals surface area contributed by atoms with E-state index in [4.69, 9.17) is 9.72 Å². The number of anilines is 1. The average molecular weight is 438 g/mol. The predicted octanol–water partition coefficient (Wildman–Crippen LogP) is 6.69. The number of hydrogen-bond acceptors (Lipinski definition) is 4. The summed E-state index contributed by atoms with van der Waals surface area (Å²) in [6.45, 7) is 8.39. The summed E-state index contributed by atoms with van der Waals surface area (Å²) in [6, 6.07) is 22.3. The van der Waals surface area contributed by atoms with E-state index in [1.165, 1.54) is 0 Å². The third-order valence-electron chi connectivity index (χ3n) is 5.65. The van der Waals surface area contributed by atoms with Crippen molar-refractivity contribution in [1.82, 2.24) is 9.38 Å². The summed E-state index contributed by atoms with van der Waals surface area (Å²) < 4.78 is 7.62. The smallest absolute Gasteiger partial charge is 0.342 e. The molecule has 0 radical (unpaired) electrons. The van der Waals surface area contributed by atoms with Gasteiger partial charge in [-0.05, 0) is 51.3 Å². The number of benzene rings is 2. The van der Waals surface area contributed by atoms with E-state index in [2.05, 4.69) is 48.7 Å². The molecule has 0 aliphatic rings. The Morgan fingerprint density at radius 3 is 2.45 bits per heavy atom. The lowest BCUT2D eigenvalue weighted by atomic mass is 10.0. The van der Waals surface area contributed by atoms with Crippen molar-refractivity contribution in [2.75, 3.05) is 11.9 Å². The van der Waals surface area contributed by atoms with Crippen LogP contribution in [0.15, 0.2) is 72.9 Å². The molecule has 166 valence electrons. The van der Waals surface area contributed by atoms with Crippen molar-refractivity contribution >= 4 is 38.8 Å². The number of pyridine rings is 2. The van der Waals surface area contributed by atoms with Crippen molar-refractivity contribution in [3.05, 3.63) is 78.5 Å². The standard InChI is InChI=1S/C28H27N3O2/c1-5-33-27(32)23-24(30-28(2,3)4)26(22-15-14-19-11-7-9-13-21(19)29-22)31-17-16-18-10-6-8-12-20(18)25(23)31/h6-17,30H,5H2,1-4H3. The molecule has 0 saturated carbocycles. The van der Waals surface area contributed by atoms with Crippen LogP contribution in [0.1, 0.15) is 38.1 Å². The topological polar surface area (TPSA) is 55.6 Å². The molecular weight excluding hydrogens is 410 g/mol. The molecule has 5 nitrogen and oxygen atoms in total. The van der Waals surface area contributed by atoms with Crippen molar-refractivity contribution < 1.29 is 9.53 Å². The van der Waals surface area contributed by atoms with Crippen LogP contribution < -0.4 is 5.32 Å². The fraction of sp³-hybridized carbons (Fsp3) is 0.214. The van der Waals surface area contributed by atoms with Crippen LogP contribution in [-0.2, 0) is 4.74 Å². The van der Waals surface area contributed by atoms with E-state index in [-0.39, 0.29) is 11.5 Å². The van der Waals surface area contributed by atoms with Gasteiger partial charge in [0.1, 0.15) is 5.56 Å². The van der Waals surface area contributed by atoms with Crippen LogP contribution in [0.5, 0.6) is 0 Å². The monoisotopic (exact) mass is 437 g/mol. The Bertz CT molecular complexity index is 1510. The second kappa shape index (κ2) is 7.93. The Balaban J connectivity index is 1.93. The van der Waals surface area contributed by atoms with Crippen LogP contribution in [0, 0.1) is 0 Å². The van der Waals surface area contributed by atoms with Crippen molar-refractivity contribution in [2.24, 2.45) is 0 Å². The predicted molar refractivity (Wildman–Crippen MR) is 135 cm³/mol. The first-order chi connectivity index (χ1) is 15.9. The van der Waals surface area contributed by atoms with Gasteiger partial charge >= 0.3 is 5.97 Å². The van der Waals surface area contributed by atoms with E-state index in [0.29, 0.717) is 12.2 Å². The van der Waals surface area contributed by atoms with Crippen LogP contribution in [0.25, 0.3) is 38.6 Å². The molecule has 0 bridgehead atoms. The summed E-state index contributed by atoms with van der Waals surface area (Å²) in [4.78, 5) is 18.3. The molecular formula is C28H27N3O2. The second-order valence-electron chi connectivity index (χ2n) is 9.20. The largest absolute Gasteiger partial charge is 0.462 e. The van der Waals surface area contributed by atoms with Crippen LogP contribution >= 0.6 is 0 Å². The number of aromatic nitrogens is 2. The molecule has 3 heterocycles. The lowest BCUT2D eigenvalue weighted by Crippen LogP contribution is -2.27. The number of hydrogen-bond donors (Lipinski definition) is 1. The molecule has 0 unspecified atom stereocenters. The molecule has 3 aromatic heterocycles. The number of rotatable bonds is 4. The highest BCUT2D eigenvalue weighted by Crippen LogP contribution is 2.40. The van der Waals surface area contributed by atoms with Gasteiger partial charge in [0.2, 0.25) is 0 Å². The van der Waals surface area contributed by atoms with Crippen LogP contribution in [0.4, 0.5) is 5.69 Å². The maximum Gasteiger partial charge on any atom is 0.342 e. The molecule has 0 aliphatic carbocycles. The SMILES string of the molecule is CCOC(=O)c1c(NC(C)(C)C)c(-c2ccc3ccccc3n2)n2ccc3ccccc3c12. The number of ether oxygens (including phenoxy) is 1. The quantitative estimate of drug-likeness (QED) is 0.318. The fourth-order valence-corrected chi connectivity index (χ4v) is 4.36. The Hall–Kier alpha value is -3.86. The number of fused-ring (bicyclic) bond motifs is 4. The minimum absolute atomic E-state index is 0.284. The zero-order valence-electron chi connectivity index (χ0n) is 19.3. The highest BCUT2D eigenvalue weighted by molar-refractivity contribution is 6.15. The number of esters is 1. The highest BCUT2D eigenvalue weighted by atomic mass is 16.5. The average Bonchev–Trinajstić information content (AvgIpc) is 3.11. The summed E-state index contributed by atoms with van der Waals surface area (Å²) in [5.74, 6) is -0.342. The van der Waals surface area contributed by atoms with Crippen molar-refractivity contribution in [3.63, 3.8) is 0 Å². The van der Waals surface area contributed by atoms with Gasteiger partial charge in [-0.15, -0.1) is 0 Å². The van der Waals surface area contributed by atoms with E-state index in [0.717, 1.165) is 44.3 Å². The third-order valence-corrected chi connectivity index (χ3v) is 5.65. The third kappa shape index (κ3) is 3.69. The lowest BCUT2D eigenvalue weighted by Gasteiger charge is -2.23. The van der Waals surface area contributed by atoms with Crippen LogP contribution in [0.3, 0.4) is 0 Å². The van der Waals surface area contributed by atoms with Gasteiger partial charge in [0.05, 0.1) is 34.7 Å². The summed E-state index contributed by atoms with van der Waals surface area (Å²) in [5, 5.41) is 6.73. The summed E-state index contributed by atoms with van der Waals surface area (Å²) in [6.07, 6.45) is 2.01. The zero-order chi connectivity index (χ0) is 23.2. The first kappa shape index (κ1) is 21.0.